The molecule has 84 valence electrons. The average Bonchev–Trinajstić information content (AvgIpc) is 2.11. The van der Waals surface area contributed by atoms with Crippen molar-refractivity contribution in [2.45, 2.75) is 13.2 Å². The molecule has 2 nitrogen and oxygen atoms in total. The lowest BCUT2D eigenvalue weighted by molar-refractivity contribution is -0.0504. The molecule has 0 fully saturated rings. The van der Waals surface area contributed by atoms with Crippen LogP contribution in [0.15, 0.2) is 12.1 Å². The van der Waals surface area contributed by atoms with Gasteiger partial charge in [-0.1, -0.05) is 23.2 Å². The van der Waals surface area contributed by atoms with Gasteiger partial charge in [0.05, 0.1) is 5.02 Å². The lowest BCUT2D eigenvalue weighted by atomic mass is 10.2. The van der Waals surface area contributed by atoms with Crippen LogP contribution in [0.2, 0.25) is 10.0 Å². The standard InChI is InChI=1S/C9H9Cl2F2NO/c1-14-4-5-2-6(10)3-7(11)8(5)15-9(12)13/h2-3,9,14H,4H2,1H3. The summed E-state index contributed by atoms with van der Waals surface area (Å²) in [5.74, 6) is -0.0367. The predicted octanol–water partition coefficient (Wildman–Crippen LogP) is 3.31. The van der Waals surface area contributed by atoms with Crippen molar-refractivity contribution >= 4 is 23.2 Å². The number of hydrogen-bond donors (Lipinski definition) is 1. The number of hydrogen-bond acceptors (Lipinski definition) is 2. The van der Waals surface area contributed by atoms with Gasteiger partial charge in [-0.05, 0) is 19.2 Å². The zero-order chi connectivity index (χ0) is 11.4. The van der Waals surface area contributed by atoms with E-state index >= 15 is 0 Å². The van der Waals surface area contributed by atoms with Crippen LogP contribution >= 0.6 is 23.2 Å². The second-order valence-electron chi connectivity index (χ2n) is 2.78. The van der Waals surface area contributed by atoms with Gasteiger partial charge in [0.15, 0.2) is 0 Å². The fourth-order valence-corrected chi connectivity index (χ4v) is 1.74. The highest BCUT2D eigenvalue weighted by atomic mass is 35.5. The molecule has 0 amide bonds. The summed E-state index contributed by atoms with van der Waals surface area (Å²) in [6, 6.07) is 2.89. The van der Waals surface area contributed by atoms with E-state index in [9.17, 15) is 8.78 Å². The van der Waals surface area contributed by atoms with Crippen LogP contribution in [0.25, 0.3) is 0 Å². The zero-order valence-electron chi connectivity index (χ0n) is 7.86. The smallest absolute Gasteiger partial charge is 0.387 e. The molecular formula is C9H9Cl2F2NO. The minimum absolute atomic E-state index is 0.0367. The molecule has 0 saturated carbocycles. The van der Waals surface area contributed by atoms with Crippen LogP contribution in [-0.2, 0) is 6.54 Å². The third-order valence-electron chi connectivity index (χ3n) is 1.66. The number of halogens is 4. The lowest BCUT2D eigenvalue weighted by Gasteiger charge is -2.12. The summed E-state index contributed by atoms with van der Waals surface area (Å²) in [6.07, 6.45) is 0. The maximum Gasteiger partial charge on any atom is 0.387 e. The predicted molar refractivity (Wildman–Crippen MR) is 55.9 cm³/mol. The van der Waals surface area contributed by atoms with E-state index in [0.29, 0.717) is 17.1 Å². The van der Waals surface area contributed by atoms with Gasteiger partial charge in [0.25, 0.3) is 0 Å². The molecule has 15 heavy (non-hydrogen) atoms. The number of benzene rings is 1. The van der Waals surface area contributed by atoms with E-state index in [1.165, 1.54) is 12.1 Å². The molecule has 6 heteroatoms. The minimum atomic E-state index is -2.90. The number of rotatable bonds is 4. The van der Waals surface area contributed by atoms with Crippen molar-refractivity contribution in [3.63, 3.8) is 0 Å². The number of nitrogens with one attached hydrogen (secondary N) is 1. The summed E-state index contributed by atoms with van der Waals surface area (Å²) in [4.78, 5) is 0. The molecule has 0 aliphatic heterocycles. The Morgan fingerprint density at radius 3 is 2.60 bits per heavy atom. The second-order valence-corrected chi connectivity index (χ2v) is 3.63. The molecule has 0 aliphatic carbocycles. The number of ether oxygens (including phenoxy) is 1. The van der Waals surface area contributed by atoms with E-state index in [2.05, 4.69) is 10.1 Å². The van der Waals surface area contributed by atoms with Crippen LogP contribution in [0.4, 0.5) is 8.78 Å². The van der Waals surface area contributed by atoms with Gasteiger partial charge in [0.2, 0.25) is 0 Å². The Kier molecular flexibility index (Phi) is 4.57. The molecule has 0 saturated heterocycles. The lowest BCUT2D eigenvalue weighted by Crippen LogP contribution is -2.10. The van der Waals surface area contributed by atoms with Crippen molar-refractivity contribution in [1.29, 1.82) is 0 Å². The van der Waals surface area contributed by atoms with Gasteiger partial charge < -0.3 is 10.1 Å². The summed E-state index contributed by atoms with van der Waals surface area (Å²) in [5.41, 5.74) is 0.496. The van der Waals surface area contributed by atoms with Gasteiger partial charge in [0, 0.05) is 17.1 Å². The molecule has 0 aromatic heterocycles. The minimum Gasteiger partial charge on any atom is -0.433 e. The maximum atomic E-state index is 12.1. The SMILES string of the molecule is CNCc1cc(Cl)cc(Cl)c1OC(F)F. The molecule has 0 aliphatic rings. The van der Waals surface area contributed by atoms with E-state index in [1.54, 1.807) is 7.05 Å². The van der Waals surface area contributed by atoms with Crippen molar-refractivity contribution in [1.82, 2.24) is 5.32 Å². The third-order valence-corrected chi connectivity index (χ3v) is 2.16. The van der Waals surface area contributed by atoms with E-state index in [4.69, 9.17) is 23.2 Å². The van der Waals surface area contributed by atoms with Crippen LogP contribution in [0.1, 0.15) is 5.56 Å². The fourth-order valence-electron chi connectivity index (χ4n) is 1.16. The van der Waals surface area contributed by atoms with Crippen LogP contribution in [-0.4, -0.2) is 13.7 Å². The van der Waals surface area contributed by atoms with Crippen molar-refractivity contribution < 1.29 is 13.5 Å². The first-order valence-electron chi connectivity index (χ1n) is 4.12. The molecule has 1 aromatic carbocycles. The Bertz CT molecular complexity index is 347. The Labute approximate surface area is 96.1 Å². The summed E-state index contributed by atoms with van der Waals surface area (Å²) in [5, 5.41) is 3.27. The van der Waals surface area contributed by atoms with Crippen LogP contribution < -0.4 is 10.1 Å². The summed E-state index contributed by atoms with van der Waals surface area (Å²) in [6.45, 7) is -2.55. The normalized spacial score (nSPS) is 10.8. The first-order chi connectivity index (χ1) is 7.04. The topological polar surface area (TPSA) is 21.3 Å². The quantitative estimate of drug-likeness (QED) is 0.892. The largest absolute Gasteiger partial charge is 0.433 e. The Balaban J connectivity index is 3.08. The van der Waals surface area contributed by atoms with Crippen LogP contribution in [0.3, 0.4) is 0 Å². The molecule has 1 rings (SSSR count). The van der Waals surface area contributed by atoms with E-state index in [0.717, 1.165) is 0 Å². The van der Waals surface area contributed by atoms with Gasteiger partial charge in [0.1, 0.15) is 5.75 Å². The Morgan fingerprint density at radius 1 is 1.40 bits per heavy atom. The van der Waals surface area contributed by atoms with Crippen molar-refractivity contribution in [3.8, 4) is 5.75 Å². The van der Waals surface area contributed by atoms with E-state index in [1.807, 2.05) is 0 Å². The third kappa shape index (κ3) is 3.48. The molecule has 0 spiro atoms. The molecule has 0 unspecified atom stereocenters. The first-order valence-corrected chi connectivity index (χ1v) is 4.87. The summed E-state index contributed by atoms with van der Waals surface area (Å²) in [7, 11) is 1.68. The molecular weight excluding hydrogens is 247 g/mol. The molecule has 0 radical (unpaired) electrons. The number of alkyl halides is 2. The summed E-state index contributed by atoms with van der Waals surface area (Å²) >= 11 is 11.5. The highest BCUT2D eigenvalue weighted by Crippen LogP contribution is 2.33. The van der Waals surface area contributed by atoms with Gasteiger partial charge in [-0.15, -0.1) is 0 Å². The van der Waals surface area contributed by atoms with E-state index < -0.39 is 6.61 Å². The first kappa shape index (κ1) is 12.5. The van der Waals surface area contributed by atoms with Gasteiger partial charge in [-0.3, -0.25) is 0 Å². The monoisotopic (exact) mass is 255 g/mol. The maximum absolute atomic E-state index is 12.1. The van der Waals surface area contributed by atoms with Crippen LogP contribution in [0.5, 0.6) is 5.75 Å². The Morgan fingerprint density at radius 2 is 2.07 bits per heavy atom. The molecule has 0 atom stereocenters. The van der Waals surface area contributed by atoms with Crippen LogP contribution in [0, 0.1) is 0 Å². The molecule has 1 aromatic rings. The zero-order valence-corrected chi connectivity index (χ0v) is 9.37. The van der Waals surface area contributed by atoms with E-state index in [-0.39, 0.29) is 10.8 Å². The van der Waals surface area contributed by atoms with Gasteiger partial charge >= 0.3 is 6.61 Å². The fraction of sp³-hybridized carbons (Fsp3) is 0.333. The average molecular weight is 256 g/mol. The molecule has 1 N–H and O–H groups in total. The highest BCUT2D eigenvalue weighted by Gasteiger charge is 2.14. The summed E-state index contributed by atoms with van der Waals surface area (Å²) < 4.78 is 28.5. The second kappa shape index (κ2) is 5.49. The van der Waals surface area contributed by atoms with Gasteiger partial charge in [-0.25, -0.2) is 0 Å². The van der Waals surface area contributed by atoms with Crippen molar-refractivity contribution in [2.75, 3.05) is 7.05 Å². The Hall–Kier alpha value is -0.580. The van der Waals surface area contributed by atoms with Crippen molar-refractivity contribution in [3.05, 3.63) is 27.7 Å². The molecule has 0 heterocycles. The van der Waals surface area contributed by atoms with Crippen molar-refractivity contribution in [2.24, 2.45) is 0 Å². The van der Waals surface area contributed by atoms with Gasteiger partial charge in [-0.2, -0.15) is 8.78 Å². The molecule has 0 bridgehead atoms. The highest BCUT2D eigenvalue weighted by molar-refractivity contribution is 6.35.